The average molecular weight is 358 g/mol. The fourth-order valence-corrected chi connectivity index (χ4v) is 2.81. The lowest BCUT2D eigenvalue weighted by atomic mass is 9.97. The van der Waals surface area contributed by atoms with Gasteiger partial charge in [0.2, 0.25) is 0 Å². The van der Waals surface area contributed by atoms with E-state index in [4.69, 9.17) is 0 Å². The maximum absolute atomic E-state index is 13.6. The van der Waals surface area contributed by atoms with Crippen molar-refractivity contribution in [2.24, 2.45) is 0 Å². The van der Waals surface area contributed by atoms with Crippen LogP contribution < -0.4 is 10.6 Å². The lowest BCUT2D eigenvalue weighted by molar-refractivity contribution is 0.102. The van der Waals surface area contributed by atoms with E-state index in [1.165, 1.54) is 24.5 Å². The quantitative estimate of drug-likeness (QED) is 0.755. The maximum atomic E-state index is 13.6. The fraction of sp³-hybridized carbons (Fsp3) is 0.316. The van der Waals surface area contributed by atoms with E-state index in [0.29, 0.717) is 11.9 Å². The molecule has 0 radical (unpaired) electrons. The van der Waals surface area contributed by atoms with E-state index in [1.807, 2.05) is 0 Å². The van der Waals surface area contributed by atoms with Crippen LogP contribution in [-0.2, 0) is 0 Å². The van der Waals surface area contributed by atoms with Crippen LogP contribution in [0.5, 0.6) is 0 Å². The standard InChI is InChI=1S/C19H20F2N4O/c20-14-6-7-16(15(21)12-14)23-19(26)17-8-9-18(25-24-17)22-11-10-13-4-2-1-3-5-13/h4,6-9,12H,1-3,5,10-11H2,(H,22,25)(H,23,26). The predicted molar refractivity (Wildman–Crippen MR) is 96.0 cm³/mol. The Kier molecular flexibility index (Phi) is 5.88. The molecular weight excluding hydrogens is 338 g/mol. The van der Waals surface area contributed by atoms with Crippen LogP contribution >= 0.6 is 0 Å². The molecule has 1 amide bonds. The van der Waals surface area contributed by atoms with Crippen molar-refractivity contribution in [3.05, 3.63) is 59.3 Å². The summed E-state index contributed by atoms with van der Waals surface area (Å²) in [5.41, 5.74) is 1.41. The molecule has 1 aliphatic rings. The molecule has 26 heavy (non-hydrogen) atoms. The van der Waals surface area contributed by atoms with Crippen molar-refractivity contribution in [1.82, 2.24) is 10.2 Å². The summed E-state index contributed by atoms with van der Waals surface area (Å²) in [4.78, 5) is 12.1. The predicted octanol–water partition coefficient (Wildman–Crippen LogP) is 4.31. The Morgan fingerprint density at radius 2 is 2.00 bits per heavy atom. The number of benzene rings is 1. The number of hydrogen-bond donors (Lipinski definition) is 2. The average Bonchev–Trinajstić information content (AvgIpc) is 2.65. The number of nitrogens with zero attached hydrogens (tertiary/aromatic N) is 2. The number of allylic oxidation sites excluding steroid dienone is 1. The molecule has 0 saturated heterocycles. The third-order valence-electron chi connectivity index (χ3n) is 4.21. The molecule has 1 aliphatic carbocycles. The maximum Gasteiger partial charge on any atom is 0.276 e. The first kappa shape index (κ1) is 18.0. The van der Waals surface area contributed by atoms with Crippen LogP contribution in [0.15, 0.2) is 42.0 Å². The van der Waals surface area contributed by atoms with Gasteiger partial charge in [-0.2, -0.15) is 0 Å². The molecule has 7 heteroatoms. The molecule has 136 valence electrons. The van der Waals surface area contributed by atoms with E-state index in [-0.39, 0.29) is 11.4 Å². The van der Waals surface area contributed by atoms with Crippen LogP contribution in [0.25, 0.3) is 0 Å². The van der Waals surface area contributed by atoms with Crippen LogP contribution in [0.2, 0.25) is 0 Å². The van der Waals surface area contributed by atoms with Gasteiger partial charge in [0.15, 0.2) is 5.69 Å². The zero-order chi connectivity index (χ0) is 18.4. The Hall–Kier alpha value is -2.83. The molecule has 0 fully saturated rings. The summed E-state index contributed by atoms with van der Waals surface area (Å²) in [7, 11) is 0. The second-order valence-corrected chi connectivity index (χ2v) is 6.17. The molecule has 0 saturated carbocycles. The summed E-state index contributed by atoms with van der Waals surface area (Å²) in [6.45, 7) is 0.757. The molecule has 0 unspecified atom stereocenters. The summed E-state index contributed by atoms with van der Waals surface area (Å²) < 4.78 is 26.5. The Morgan fingerprint density at radius 3 is 2.69 bits per heavy atom. The van der Waals surface area contributed by atoms with Gasteiger partial charge in [0, 0.05) is 12.6 Å². The molecule has 0 aliphatic heterocycles. The van der Waals surface area contributed by atoms with Crippen LogP contribution in [-0.4, -0.2) is 22.6 Å². The lowest BCUT2D eigenvalue weighted by Crippen LogP contribution is -2.16. The van der Waals surface area contributed by atoms with E-state index < -0.39 is 17.5 Å². The topological polar surface area (TPSA) is 66.9 Å². The normalized spacial score (nSPS) is 13.8. The molecule has 2 N–H and O–H groups in total. The Morgan fingerprint density at radius 1 is 1.12 bits per heavy atom. The molecule has 1 aromatic heterocycles. The summed E-state index contributed by atoms with van der Waals surface area (Å²) in [6.07, 6.45) is 8.12. The Labute approximate surface area is 150 Å². The number of nitrogens with one attached hydrogen (secondary N) is 2. The van der Waals surface area contributed by atoms with Crippen LogP contribution in [0, 0.1) is 11.6 Å². The summed E-state index contributed by atoms with van der Waals surface area (Å²) in [5, 5.41) is 13.3. The van der Waals surface area contributed by atoms with E-state index >= 15 is 0 Å². The van der Waals surface area contributed by atoms with Crippen molar-refractivity contribution in [2.45, 2.75) is 32.1 Å². The third-order valence-corrected chi connectivity index (χ3v) is 4.21. The highest BCUT2D eigenvalue weighted by atomic mass is 19.1. The number of anilines is 2. The van der Waals surface area contributed by atoms with Gasteiger partial charge in [-0.05, 0) is 56.4 Å². The molecule has 0 atom stereocenters. The van der Waals surface area contributed by atoms with E-state index in [0.717, 1.165) is 37.9 Å². The second-order valence-electron chi connectivity index (χ2n) is 6.17. The van der Waals surface area contributed by atoms with E-state index in [1.54, 1.807) is 6.07 Å². The zero-order valence-corrected chi connectivity index (χ0v) is 14.3. The number of amides is 1. The monoisotopic (exact) mass is 358 g/mol. The van der Waals surface area contributed by atoms with Gasteiger partial charge in [-0.15, -0.1) is 10.2 Å². The smallest absolute Gasteiger partial charge is 0.276 e. The molecule has 0 bridgehead atoms. The first-order valence-electron chi connectivity index (χ1n) is 8.64. The highest BCUT2D eigenvalue weighted by Gasteiger charge is 2.12. The molecule has 1 aromatic carbocycles. The highest BCUT2D eigenvalue weighted by molar-refractivity contribution is 6.02. The summed E-state index contributed by atoms with van der Waals surface area (Å²) in [5.74, 6) is -1.59. The third kappa shape index (κ3) is 4.84. The molecular formula is C19H20F2N4O. The largest absolute Gasteiger partial charge is 0.368 e. The number of aromatic nitrogens is 2. The van der Waals surface area contributed by atoms with Crippen LogP contribution in [0.3, 0.4) is 0 Å². The minimum absolute atomic E-state index is 0.0502. The minimum Gasteiger partial charge on any atom is -0.368 e. The van der Waals surface area contributed by atoms with Gasteiger partial charge in [0.1, 0.15) is 17.5 Å². The van der Waals surface area contributed by atoms with Crippen LogP contribution in [0.1, 0.15) is 42.6 Å². The van der Waals surface area contributed by atoms with Crippen LogP contribution in [0.4, 0.5) is 20.3 Å². The first-order valence-corrected chi connectivity index (χ1v) is 8.64. The molecule has 3 rings (SSSR count). The molecule has 2 aromatic rings. The van der Waals surface area contributed by atoms with Gasteiger partial charge in [-0.3, -0.25) is 4.79 Å². The van der Waals surface area contributed by atoms with Crippen molar-refractivity contribution in [2.75, 3.05) is 17.2 Å². The van der Waals surface area contributed by atoms with Crippen molar-refractivity contribution in [1.29, 1.82) is 0 Å². The first-order chi connectivity index (χ1) is 12.6. The van der Waals surface area contributed by atoms with Crippen molar-refractivity contribution < 1.29 is 13.6 Å². The zero-order valence-electron chi connectivity index (χ0n) is 14.3. The minimum atomic E-state index is -0.846. The number of carbonyl (C=O) groups excluding carboxylic acids is 1. The summed E-state index contributed by atoms with van der Waals surface area (Å²) >= 11 is 0. The van der Waals surface area contributed by atoms with Gasteiger partial charge in [0.25, 0.3) is 5.91 Å². The molecule has 5 nitrogen and oxygen atoms in total. The van der Waals surface area contributed by atoms with Gasteiger partial charge in [-0.25, -0.2) is 8.78 Å². The van der Waals surface area contributed by atoms with Crippen molar-refractivity contribution >= 4 is 17.4 Å². The van der Waals surface area contributed by atoms with Crippen molar-refractivity contribution in [3.63, 3.8) is 0 Å². The van der Waals surface area contributed by atoms with E-state index in [2.05, 4.69) is 26.9 Å². The highest BCUT2D eigenvalue weighted by Crippen LogP contribution is 2.20. The number of carbonyl (C=O) groups is 1. The van der Waals surface area contributed by atoms with Gasteiger partial charge >= 0.3 is 0 Å². The molecule has 0 spiro atoms. The fourth-order valence-electron chi connectivity index (χ4n) is 2.81. The second kappa shape index (κ2) is 8.51. The van der Waals surface area contributed by atoms with Crippen molar-refractivity contribution in [3.8, 4) is 0 Å². The van der Waals surface area contributed by atoms with Gasteiger partial charge in [-0.1, -0.05) is 11.6 Å². The lowest BCUT2D eigenvalue weighted by Gasteiger charge is -2.13. The molecule has 1 heterocycles. The number of rotatable bonds is 6. The Balaban J connectivity index is 1.53. The SMILES string of the molecule is O=C(Nc1ccc(F)cc1F)c1ccc(NCCC2=CCCCC2)nn1. The Bertz CT molecular complexity index is 806. The van der Waals surface area contributed by atoms with E-state index in [9.17, 15) is 13.6 Å². The van der Waals surface area contributed by atoms with Gasteiger partial charge in [0.05, 0.1) is 5.69 Å². The van der Waals surface area contributed by atoms with Gasteiger partial charge < -0.3 is 10.6 Å². The number of hydrogen-bond acceptors (Lipinski definition) is 4. The number of halogens is 2. The summed E-state index contributed by atoms with van der Waals surface area (Å²) in [6, 6.07) is 6.09.